The number of aryl methyl sites for hydroxylation is 1. The van der Waals surface area contributed by atoms with Crippen LogP contribution in [0.3, 0.4) is 0 Å². The summed E-state index contributed by atoms with van der Waals surface area (Å²) in [5, 5.41) is 4.23. The Morgan fingerprint density at radius 3 is 2.52 bits per heavy atom. The van der Waals surface area contributed by atoms with Crippen molar-refractivity contribution in [3.05, 3.63) is 35.7 Å². The van der Waals surface area contributed by atoms with Gasteiger partial charge in [0.1, 0.15) is 5.75 Å². The van der Waals surface area contributed by atoms with Crippen LogP contribution in [0.4, 0.5) is 5.95 Å². The second-order valence-corrected chi connectivity index (χ2v) is 7.50. The fraction of sp³-hybridized carbons (Fsp3) is 0.579. The van der Waals surface area contributed by atoms with E-state index in [0.717, 1.165) is 24.2 Å². The quantitative estimate of drug-likeness (QED) is 0.855. The van der Waals surface area contributed by atoms with Gasteiger partial charge in [-0.2, -0.15) is 4.98 Å². The molecule has 25 heavy (non-hydrogen) atoms. The van der Waals surface area contributed by atoms with Crippen LogP contribution in [0.2, 0.25) is 0 Å². The van der Waals surface area contributed by atoms with Gasteiger partial charge in [-0.05, 0) is 54.7 Å². The minimum atomic E-state index is 0.470. The largest absolute Gasteiger partial charge is 0.497 e. The van der Waals surface area contributed by atoms with Gasteiger partial charge in [-0.3, -0.25) is 4.90 Å². The fourth-order valence-electron chi connectivity index (χ4n) is 5.20. The summed E-state index contributed by atoms with van der Waals surface area (Å²) in [6.07, 6.45) is 2.56. The van der Waals surface area contributed by atoms with E-state index < -0.39 is 0 Å². The highest BCUT2D eigenvalue weighted by Gasteiger charge is 2.54. The van der Waals surface area contributed by atoms with Crippen molar-refractivity contribution in [1.29, 1.82) is 0 Å². The highest BCUT2D eigenvalue weighted by atomic mass is 16.5. The Morgan fingerprint density at radius 2 is 1.88 bits per heavy atom. The number of fused-ring (bicyclic) bond motifs is 2. The Morgan fingerprint density at radius 1 is 1.12 bits per heavy atom. The van der Waals surface area contributed by atoms with Crippen LogP contribution in [0.5, 0.6) is 5.75 Å². The lowest BCUT2D eigenvalue weighted by Crippen LogP contribution is -2.60. The number of benzene rings is 1. The van der Waals surface area contributed by atoms with E-state index in [9.17, 15) is 0 Å². The van der Waals surface area contributed by atoms with Crippen molar-refractivity contribution in [2.24, 2.45) is 5.92 Å². The van der Waals surface area contributed by atoms with E-state index in [2.05, 4.69) is 44.2 Å². The average molecular weight is 340 g/mol. The lowest BCUT2D eigenvalue weighted by atomic mass is 9.75. The molecule has 0 spiro atoms. The first-order valence-electron chi connectivity index (χ1n) is 9.19. The molecule has 4 saturated heterocycles. The third kappa shape index (κ3) is 2.34. The molecule has 4 fully saturated rings. The molecule has 2 aromatic rings. The van der Waals surface area contributed by atoms with Gasteiger partial charge in [0.15, 0.2) is 0 Å². The molecule has 4 aliphatic rings. The van der Waals surface area contributed by atoms with Crippen molar-refractivity contribution in [3.63, 3.8) is 0 Å². The van der Waals surface area contributed by atoms with Gasteiger partial charge in [-0.15, -0.1) is 0 Å². The number of ether oxygens (including phenoxy) is 1. The van der Waals surface area contributed by atoms with Gasteiger partial charge in [0.2, 0.25) is 5.89 Å². The van der Waals surface area contributed by atoms with E-state index in [1.165, 1.54) is 31.5 Å². The van der Waals surface area contributed by atoms with Crippen LogP contribution in [0.1, 0.15) is 30.2 Å². The van der Waals surface area contributed by atoms with Gasteiger partial charge in [-0.25, -0.2) is 0 Å². The van der Waals surface area contributed by atoms with Crippen LogP contribution in [0.25, 0.3) is 0 Å². The van der Waals surface area contributed by atoms with Crippen molar-refractivity contribution in [2.45, 2.75) is 37.8 Å². The molecule has 6 rings (SSSR count). The smallest absolute Gasteiger partial charge is 0.266 e. The van der Waals surface area contributed by atoms with E-state index in [4.69, 9.17) is 9.26 Å². The molecule has 2 bridgehead atoms. The van der Waals surface area contributed by atoms with Crippen molar-refractivity contribution >= 4 is 5.95 Å². The number of hydrogen-bond donors (Lipinski definition) is 0. The second kappa shape index (κ2) is 5.73. The molecule has 4 aliphatic heterocycles. The number of hydrogen-bond acceptors (Lipinski definition) is 6. The minimum Gasteiger partial charge on any atom is -0.497 e. The maximum atomic E-state index is 5.33. The van der Waals surface area contributed by atoms with Crippen molar-refractivity contribution < 1.29 is 9.26 Å². The molecular weight excluding hydrogens is 316 g/mol. The van der Waals surface area contributed by atoms with Crippen LogP contribution >= 0.6 is 0 Å². The molecule has 0 radical (unpaired) electrons. The molecule has 0 amide bonds. The maximum Gasteiger partial charge on any atom is 0.266 e. The number of rotatable bonds is 3. The predicted octanol–water partition coefficient (Wildman–Crippen LogP) is 2.45. The topological polar surface area (TPSA) is 54.6 Å². The zero-order chi connectivity index (χ0) is 17.0. The number of piperidine rings is 3. The van der Waals surface area contributed by atoms with Crippen LogP contribution in [-0.4, -0.2) is 53.9 Å². The Bertz CT molecular complexity index is 751. The summed E-state index contributed by atoms with van der Waals surface area (Å²) in [5.74, 6) is 3.52. The second-order valence-electron chi connectivity index (χ2n) is 7.50. The lowest BCUT2D eigenvalue weighted by molar-refractivity contribution is 0.0352. The molecule has 6 nitrogen and oxygen atoms in total. The molecule has 0 unspecified atom stereocenters. The van der Waals surface area contributed by atoms with Gasteiger partial charge < -0.3 is 14.2 Å². The monoisotopic (exact) mass is 340 g/mol. The molecule has 0 saturated carbocycles. The third-order valence-electron chi connectivity index (χ3n) is 6.31. The summed E-state index contributed by atoms with van der Waals surface area (Å²) in [6.45, 7) is 5.25. The van der Waals surface area contributed by atoms with Crippen LogP contribution < -0.4 is 9.64 Å². The minimum absolute atomic E-state index is 0.470. The third-order valence-corrected chi connectivity index (χ3v) is 6.31. The highest BCUT2D eigenvalue weighted by Crippen LogP contribution is 2.47. The van der Waals surface area contributed by atoms with E-state index in [0.29, 0.717) is 23.9 Å². The molecule has 132 valence electrons. The Labute approximate surface area is 147 Å². The summed E-state index contributed by atoms with van der Waals surface area (Å²) >= 11 is 0. The molecule has 5 heterocycles. The van der Waals surface area contributed by atoms with Crippen molar-refractivity contribution in [1.82, 2.24) is 15.0 Å². The van der Waals surface area contributed by atoms with Gasteiger partial charge in [0.25, 0.3) is 5.95 Å². The van der Waals surface area contributed by atoms with Crippen LogP contribution in [-0.2, 0) is 0 Å². The fourth-order valence-corrected chi connectivity index (χ4v) is 5.20. The molecule has 0 N–H and O–H groups in total. The van der Waals surface area contributed by atoms with Crippen molar-refractivity contribution in [3.8, 4) is 5.75 Å². The van der Waals surface area contributed by atoms with E-state index in [1.54, 1.807) is 7.11 Å². The molecule has 1 aromatic heterocycles. The zero-order valence-corrected chi connectivity index (χ0v) is 14.8. The zero-order valence-electron chi connectivity index (χ0n) is 14.8. The standard InChI is InChI=1S/C19H24N4O2/c1-12-20-19(21-25-12)23-11-16(13-3-5-15(24-2)6-4-13)18-17(23)14-7-9-22(18)10-8-14/h3-6,14,16-18H,7-11H2,1-2H3/t16-,17+,18+/m1/s1. The SMILES string of the molecule is COc1ccc([C@H]2CN(c3noc(C)n3)[C@H]3C4CCN(CC4)[C@@H]23)cc1. The highest BCUT2D eigenvalue weighted by molar-refractivity contribution is 5.42. The van der Waals surface area contributed by atoms with Gasteiger partial charge in [0, 0.05) is 25.4 Å². The summed E-state index contributed by atoms with van der Waals surface area (Å²) in [4.78, 5) is 9.63. The van der Waals surface area contributed by atoms with Gasteiger partial charge in [-0.1, -0.05) is 12.1 Å². The first-order valence-corrected chi connectivity index (χ1v) is 9.19. The van der Waals surface area contributed by atoms with E-state index in [1.807, 2.05) is 6.92 Å². The number of aromatic nitrogens is 2. The maximum absolute atomic E-state index is 5.33. The van der Waals surface area contributed by atoms with Crippen LogP contribution in [0, 0.1) is 12.8 Å². The Balaban J connectivity index is 1.53. The van der Waals surface area contributed by atoms with Crippen molar-refractivity contribution in [2.75, 3.05) is 31.6 Å². The molecular formula is C19H24N4O2. The Kier molecular flexibility index (Phi) is 3.48. The lowest BCUT2D eigenvalue weighted by Gasteiger charge is -2.51. The normalized spacial score (nSPS) is 33.5. The summed E-state index contributed by atoms with van der Waals surface area (Å²) in [5.41, 5.74) is 1.38. The number of nitrogens with zero attached hydrogens (tertiary/aromatic N) is 4. The van der Waals surface area contributed by atoms with Gasteiger partial charge >= 0.3 is 0 Å². The van der Waals surface area contributed by atoms with E-state index in [-0.39, 0.29) is 0 Å². The first-order chi connectivity index (χ1) is 12.2. The van der Waals surface area contributed by atoms with E-state index >= 15 is 0 Å². The Hall–Kier alpha value is -2.08. The molecule has 6 heteroatoms. The molecule has 1 aromatic carbocycles. The first kappa shape index (κ1) is 15.2. The summed E-state index contributed by atoms with van der Waals surface area (Å²) in [7, 11) is 1.71. The average Bonchev–Trinajstić information content (AvgIpc) is 3.28. The molecule has 3 atom stereocenters. The number of methoxy groups -OCH3 is 1. The summed E-state index contributed by atoms with van der Waals surface area (Å²) in [6, 6.07) is 9.61. The molecule has 0 aliphatic carbocycles. The van der Waals surface area contributed by atoms with Crippen LogP contribution in [0.15, 0.2) is 28.8 Å². The van der Waals surface area contributed by atoms with Gasteiger partial charge in [0.05, 0.1) is 13.2 Å². The summed E-state index contributed by atoms with van der Waals surface area (Å²) < 4.78 is 10.6. The number of anilines is 1. The predicted molar refractivity (Wildman–Crippen MR) is 94.0 cm³/mol.